The molecule has 0 aliphatic carbocycles. The van der Waals surface area contributed by atoms with Crippen molar-refractivity contribution < 1.29 is 9.26 Å². The zero-order chi connectivity index (χ0) is 18.6. The normalized spacial score (nSPS) is 16.9. The maximum absolute atomic E-state index is 5.64. The Hall–Kier alpha value is -2.31. The van der Waals surface area contributed by atoms with Gasteiger partial charge < -0.3 is 14.6 Å². The van der Waals surface area contributed by atoms with Gasteiger partial charge in [0, 0.05) is 43.5 Å². The van der Waals surface area contributed by atoms with Crippen LogP contribution in [0.5, 0.6) is 0 Å². The Bertz CT molecular complexity index is 881. The summed E-state index contributed by atoms with van der Waals surface area (Å²) in [4.78, 5) is 8.89. The van der Waals surface area contributed by atoms with Gasteiger partial charge in [-0.05, 0) is 35.8 Å². The zero-order valence-electron chi connectivity index (χ0n) is 15.9. The summed E-state index contributed by atoms with van der Waals surface area (Å²) in [5.41, 5.74) is 1.25. The number of benzene rings is 1. The van der Waals surface area contributed by atoms with Crippen LogP contribution in [0.4, 0.5) is 0 Å². The van der Waals surface area contributed by atoms with Crippen LogP contribution in [0.25, 0.3) is 10.8 Å². The van der Waals surface area contributed by atoms with E-state index in [4.69, 9.17) is 9.26 Å². The summed E-state index contributed by atoms with van der Waals surface area (Å²) >= 11 is 0. The quantitative estimate of drug-likeness (QED) is 0.711. The highest BCUT2D eigenvalue weighted by atomic mass is 16.5. The van der Waals surface area contributed by atoms with Gasteiger partial charge in [-0.2, -0.15) is 4.98 Å². The fourth-order valence-corrected chi connectivity index (χ4v) is 3.68. The number of hydrogen-bond donors (Lipinski definition) is 1. The summed E-state index contributed by atoms with van der Waals surface area (Å²) in [5, 5.41) is 10.2. The van der Waals surface area contributed by atoms with E-state index in [1.54, 1.807) is 0 Å². The maximum Gasteiger partial charge on any atom is 0.244 e. The first-order chi connectivity index (χ1) is 13.2. The second kappa shape index (κ2) is 8.15. The van der Waals surface area contributed by atoms with Crippen LogP contribution < -0.4 is 5.32 Å². The molecule has 1 atom stereocenters. The molecular formula is C21H26N4O2. The van der Waals surface area contributed by atoms with Gasteiger partial charge in [0.1, 0.15) is 0 Å². The average molecular weight is 366 g/mol. The van der Waals surface area contributed by atoms with E-state index in [1.165, 1.54) is 10.9 Å². The van der Waals surface area contributed by atoms with E-state index in [0.717, 1.165) is 43.8 Å². The summed E-state index contributed by atoms with van der Waals surface area (Å²) < 4.78 is 11.2. The van der Waals surface area contributed by atoms with Crippen LogP contribution in [-0.2, 0) is 11.3 Å². The van der Waals surface area contributed by atoms with E-state index < -0.39 is 0 Å². The van der Waals surface area contributed by atoms with Gasteiger partial charge in [0.15, 0.2) is 5.82 Å². The molecule has 1 aliphatic rings. The molecule has 1 aliphatic heterocycles. The fourth-order valence-electron chi connectivity index (χ4n) is 3.68. The third-order valence-corrected chi connectivity index (χ3v) is 5.26. The molecule has 2 aromatic heterocycles. The molecule has 0 bridgehead atoms. The molecule has 3 heterocycles. The molecule has 0 saturated carbocycles. The second-order valence-corrected chi connectivity index (χ2v) is 7.47. The highest BCUT2D eigenvalue weighted by Gasteiger charge is 2.30. The van der Waals surface area contributed by atoms with Gasteiger partial charge in [-0.3, -0.25) is 4.98 Å². The number of aromatic nitrogens is 3. The average Bonchev–Trinajstić information content (AvgIpc) is 3.19. The van der Waals surface area contributed by atoms with Gasteiger partial charge in [-0.1, -0.05) is 37.2 Å². The number of ether oxygens (including phenoxy) is 1. The van der Waals surface area contributed by atoms with Crippen molar-refractivity contribution in [2.75, 3.05) is 13.2 Å². The van der Waals surface area contributed by atoms with Crippen molar-refractivity contribution in [3.8, 4) is 0 Å². The molecule has 27 heavy (non-hydrogen) atoms. The number of nitrogens with one attached hydrogen (secondary N) is 1. The fraction of sp³-hybridized carbons (Fsp3) is 0.476. The molecule has 6 heteroatoms. The van der Waals surface area contributed by atoms with E-state index >= 15 is 0 Å². The van der Waals surface area contributed by atoms with Crippen molar-refractivity contribution >= 4 is 10.8 Å². The monoisotopic (exact) mass is 366 g/mol. The van der Waals surface area contributed by atoms with Crippen molar-refractivity contribution in [2.24, 2.45) is 5.92 Å². The van der Waals surface area contributed by atoms with E-state index in [0.29, 0.717) is 11.8 Å². The topological polar surface area (TPSA) is 73.1 Å². The largest absolute Gasteiger partial charge is 0.381 e. The molecule has 3 aromatic rings. The third kappa shape index (κ3) is 4.01. The van der Waals surface area contributed by atoms with Crippen LogP contribution in [0.2, 0.25) is 0 Å². The summed E-state index contributed by atoms with van der Waals surface area (Å²) in [6.45, 7) is 6.47. The van der Waals surface area contributed by atoms with Crippen molar-refractivity contribution in [3.63, 3.8) is 0 Å². The van der Waals surface area contributed by atoms with Crippen molar-refractivity contribution in [1.29, 1.82) is 0 Å². The summed E-state index contributed by atoms with van der Waals surface area (Å²) in [7, 11) is 0. The molecule has 4 rings (SSSR count). The molecule has 6 nitrogen and oxygen atoms in total. The lowest BCUT2D eigenvalue weighted by molar-refractivity contribution is 0.0485. The first-order valence-corrected chi connectivity index (χ1v) is 9.68. The number of fused-ring (bicyclic) bond motifs is 1. The third-order valence-electron chi connectivity index (χ3n) is 5.26. The Kier molecular flexibility index (Phi) is 5.45. The molecule has 0 unspecified atom stereocenters. The van der Waals surface area contributed by atoms with E-state index in [9.17, 15) is 0 Å². The Morgan fingerprint density at radius 2 is 2.04 bits per heavy atom. The lowest BCUT2D eigenvalue weighted by atomic mass is 9.91. The summed E-state index contributed by atoms with van der Waals surface area (Å²) in [5.74, 6) is 2.13. The van der Waals surface area contributed by atoms with Crippen molar-refractivity contribution in [2.45, 2.75) is 45.2 Å². The maximum atomic E-state index is 5.64. The Balaban J connectivity index is 1.58. The van der Waals surface area contributed by atoms with E-state index in [-0.39, 0.29) is 12.0 Å². The van der Waals surface area contributed by atoms with Gasteiger partial charge in [0.05, 0.1) is 6.04 Å². The van der Waals surface area contributed by atoms with Crippen molar-refractivity contribution in [3.05, 3.63) is 53.9 Å². The van der Waals surface area contributed by atoms with Crippen LogP contribution in [0.3, 0.4) is 0 Å². The van der Waals surface area contributed by atoms with Gasteiger partial charge in [0.25, 0.3) is 0 Å². The van der Waals surface area contributed by atoms with E-state index in [1.807, 2.05) is 12.4 Å². The Labute approximate surface area is 159 Å². The molecule has 0 amide bonds. The van der Waals surface area contributed by atoms with Crippen LogP contribution in [0.15, 0.2) is 41.2 Å². The van der Waals surface area contributed by atoms with Crippen LogP contribution >= 0.6 is 0 Å². The predicted octanol–water partition coefficient (Wildman–Crippen LogP) is 4.00. The molecule has 142 valence electrons. The van der Waals surface area contributed by atoms with Gasteiger partial charge >= 0.3 is 0 Å². The molecule has 1 N–H and O–H groups in total. The summed E-state index contributed by atoms with van der Waals surface area (Å²) in [6, 6.07) is 8.43. The number of rotatable bonds is 6. The van der Waals surface area contributed by atoms with Crippen molar-refractivity contribution in [1.82, 2.24) is 20.4 Å². The van der Waals surface area contributed by atoms with Crippen LogP contribution in [0.1, 0.15) is 55.9 Å². The SMILES string of the molecule is CC(C)c1noc([C@@H](NCc2cccc3cnccc23)C2CCOCC2)n1. The number of nitrogens with zero attached hydrogens (tertiary/aromatic N) is 3. The van der Waals surface area contributed by atoms with Gasteiger partial charge in [-0.25, -0.2) is 0 Å². The minimum atomic E-state index is 0.0333. The van der Waals surface area contributed by atoms with Crippen LogP contribution in [-0.4, -0.2) is 28.3 Å². The van der Waals surface area contributed by atoms with Gasteiger partial charge in [-0.15, -0.1) is 0 Å². The molecule has 0 spiro atoms. The highest BCUT2D eigenvalue weighted by molar-refractivity contribution is 5.84. The summed E-state index contributed by atoms with van der Waals surface area (Å²) in [6.07, 6.45) is 5.74. The Morgan fingerprint density at radius 1 is 1.19 bits per heavy atom. The zero-order valence-corrected chi connectivity index (χ0v) is 15.9. The van der Waals surface area contributed by atoms with Gasteiger partial charge in [0.2, 0.25) is 5.89 Å². The molecule has 1 aromatic carbocycles. The Morgan fingerprint density at radius 3 is 2.81 bits per heavy atom. The number of pyridine rings is 1. The first-order valence-electron chi connectivity index (χ1n) is 9.68. The molecule has 1 saturated heterocycles. The number of hydrogen-bond acceptors (Lipinski definition) is 6. The lowest BCUT2D eigenvalue weighted by Crippen LogP contribution is -2.32. The molecular weight excluding hydrogens is 340 g/mol. The minimum absolute atomic E-state index is 0.0333. The highest BCUT2D eigenvalue weighted by Crippen LogP contribution is 2.30. The molecule has 0 radical (unpaired) electrons. The standard InChI is InChI=1S/C21H26N4O2/c1-14(2)20-24-21(27-25-20)19(15-7-10-26-11-8-15)23-13-17-5-3-4-16-12-22-9-6-18(16)17/h3-6,9,12,14-15,19,23H,7-8,10-11,13H2,1-2H3/t19-/m0/s1. The smallest absolute Gasteiger partial charge is 0.244 e. The van der Waals surface area contributed by atoms with Crippen LogP contribution in [0, 0.1) is 5.92 Å². The molecule has 1 fully saturated rings. The second-order valence-electron chi connectivity index (χ2n) is 7.47. The lowest BCUT2D eigenvalue weighted by Gasteiger charge is -2.29. The minimum Gasteiger partial charge on any atom is -0.381 e. The predicted molar refractivity (Wildman–Crippen MR) is 103 cm³/mol. The van der Waals surface area contributed by atoms with E-state index in [2.05, 4.69) is 58.6 Å². The first kappa shape index (κ1) is 18.1.